The molecular weight excluding hydrogens is 328 g/mol. The molecule has 1 unspecified atom stereocenters. The number of halogens is 1. The zero-order chi connectivity index (χ0) is 16.4. The molecule has 1 aliphatic heterocycles. The Bertz CT molecular complexity index is 702. The van der Waals surface area contributed by atoms with Gasteiger partial charge in [0.25, 0.3) is 0 Å². The van der Waals surface area contributed by atoms with Gasteiger partial charge in [-0.3, -0.25) is 4.79 Å². The topological polar surface area (TPSA) is 23.6 Å². The molecule has 120 valence electrons. The Labute approximate surface area is 146 Å². The number of amides is 1. The first-order chi connectivity index (χ1) is 11.0. The van der Waals surface area contributed by atoms with Gasteiger partial charge in [-0.05, 0) is 43.9 Å². The number of likely N-dealkylation sites (N-methyl/N-ethyl adjacent to an activating group) is 1. The lowest BCUT2D eigenvalue weighted by atomic mass is 10.1. The summed E-state index contributed by atoms with van der Waals surface area (Å²) in [5.74, 6) is 0.127. The number of benzene rings is 2. The molecule has 2 aromatic carbocycles. The minimum absolute atomic E-state index is 0.127. The van der Waals surface area contributed by atoms with Crippen molar-refractivity contribution < 1.29 is 4.79 Å². The summed E-state index contributed by atoms with van der Waals surface area (Å²) in [6.07, 6.45) is 0. The molecule has 0 radical (unpaired) electrons. The molecule has 0 bridgehead atoms. The lowest BCUT2D eigenvalue weighted by molar-refractivity contribution is -0.119. The molecule has 5 heteroatoms. The van der Waals surface area contributed by atoms with Crippen LogP contribution in [0.25, 0.3) is 0 Å². The van der Waals surface area contributed by atoms with Gasteiger partial charge in [0.05, 0.1) is 17.5 Å². The van der Waals surface area contributed by atoms with Crippen LogP contribution in [0.15, 0.2) is 53.4 Å². The first-order valence-corrected chi connectivity index (χ1v) is 8.76. The van der Waals surface area contributed by atoms with Crippen molar-refractivity contribution in [1.82, 2.24) is 4.90 Å². The number of para-hydroxylation sites is 1. The highest BCUT2D eigenvalue weighted by molar-refractivity contribution is 7.99. The molecule has 0 fully saturated rings. The number of nitrogens with zero attached hydrogens (tertiary/aromatic N) is 2. The molecule has 0 aromatic heterocycles. The van der Waals surface area contributed by atoms with Crippen LogP contribution in [0.1, 0.15) is 10.8 Å². The fraction of sp³-hybridized carbons (Fsp3) is 0.278. The van der Waals surface area contributed by atoms with Crippen LogP contribution in [-0.2, 0) is 4.79 Å². The predicted octanol–water partition coefficient (Wildman–Crippen LogP) is 4.08. The van der Waals surface area contributed by atoms with Crippen molar-refractivity contribution in [3.05, 3.63) is 59.1 Å². The number of carbonyl (C=O) groups excluding carboxylic acids is 1. The van der Waals surface area contributed by atoms with E-state index in [0.717, 1.165) is 15.6 Å². The summed E-state index contributed by atoms with van der Waals surface area (Å²) in [4.78, 5) is 17.6. The highest BCUT2D eigenvalue weighted by atomic mass is 35.5. The quantitative estimate of drug-likeness (QED) is 0.836. The molecule has 1 amide bonds. The van der Waals surface area contributed by atoms with Crippen LogP contribution in [0, 0.1) is 0 Å². The van der Waals surface area contributed by atoms with Gasteiger partial charge >= 0.3 is 0 Å². The largest absolute Gasteiger partial charge is 0.309 e. The van der Waals surface area contributed by atoms with E-state index in [2.05, 4.69) is 6.07 Å². The average Bonchev–Trinajstić information content (AvgIpc) is 2.54. The second-order valence-electron chi connectivity index (χ2n) is 5.87. The second-order valence-corrected chi connectivity index (χ2v) is 7.55. The van der Waals surface area contributed by atoms with Crippen molar-refractivity contribution >= 4 is 35.0 Å². The highest BCUT2D eigenvalue weighted by Crippen LogP contribution is 2.45. The number of thioether (sulfide) groups is 1. The molecule has 0 spiro atoms. The van der Waals surface area contributed by atoms with E-state index in [-0.39, 0.29) is 11.2 Å². The molecule has 0 aliphatic carbocycles. The monoisotopic (exact) mass is 346 g/mol. The van der Waals surface area contributed by atoms with Crippen molar-refractivity contribution in [2.45, 2.75) is 10.1 Å². The van der Waals surface area contributed by atoms with E-state index in [1.807, 2.05) is 66.4 Å². The van der Waals surface area contributed by atoms with E-state index in [1.165, 1.54) is 5.56 Å². The predicted molar refractivity (Wildman–Crippen MR) is 97.4 cm³/mol. The molecule has 0 saturated carbocycles. The summed E-state index contributed by atoms with van der Waals surface area (Å²) >= 11 is 7.80. The first kappa shape index (κ1) is 16.4. The Hall–Kier alpha value is -1.49. The second kappa shape index (κ2) is 6.95. The third-order valence-electron chi connectivity index (χ3n) is 3.77. The Morgan fingerprint density at radius 2 is 1.91 bits per heavy atom. The van der Waals surface area contributed by atoms with Crippen LogP contribution in [-0.4, -0.2) is 38.0 Å². The lowest BCUT2D eigenvalue weighted by Crippen LogP contribution is -2.41. The van der Waals surface area contributed by atoms with E-state index in [4.69, 9.17) is 11.6 Å². The standard InChI is InChI=1S/C18H19ClN2OS/c1-20(2)12-18(22)21-11-17(13-7-9-14(19)10-8-13)23-16-6-4-3-5-15(16)21/h3-10,17H,11-12H2,1-2H3. The van der Waals surface area contributed by atoms with Gasteiger partial charge in [0.15, 0.2) is 0 Å². The number of fused-ring (bicyclic) bond motifs is 1. The number of hydrogen-bond donors (Lipinski definition) is 0. The minimum Gasteiger partial charge on any atom is -0.309 e. The van der Waals surface area contributed by atoms with Crippen LogP contribution < -0.4 is 4.90 Å². The Morgan fingerprint density at radius 1 is 1.22 bits per heavy atom. The SMILES string of the molecule is CN(C)CC(=O)N1CC(c2ccc(Cl)cc2)Sc2ccccc21. The van der Waals surface area contributed by atoms with E-state index in [1.54, 1.807) is 11.8 Å². The molecule has 2 aromatic rings. The fourth-order valence-electron chi connectivity index (χ4n) is 2.68. The first-order valence-electron chi connectivity index (χ1n) is 7.51. The van der Waals surface area contributed by atoms with Crippen LogP contribution >= 0.6 is 23.4 Å². The maximum Gasteiger partial charge on any atom is 0.241 e. The fourth-order valence-corrected chi connectivity index (χ4v) is 4.08. The van der Waals surface area contributed by atoms with Crippen LogP contribution in [0.4, 0.5) is 5.69 Å². The molecule has 0 saturated heterocycles. The van der Waals surface area contributed by atoms with Crippen molar-refractivity contribution in [2.75, 3.05) is 32.1 Å². The van der Waals surface area contributed by atoms with Gasteiger partial charge in [-0.2, -0.15) is 0 Å². The third-order valence-corrected chi connectivity index (χ3v) is 5.32. The van der Waals surface area contributed by atoms with Gasteiger partial charge in [-0.15, -0.1) is 11.8 Å². The van der Waals surface area contributed by atoms with Crippen molar-refractivity contribution in [2.24, 2.45) is 0 Å². The van der Waals surface area contributed by atoms with Gasteiger partial charge in [0, 0.05) is 16.5 Å². The van der Waals surface area contributed by atoms with E-state index in [9.17, 15) is 4.79 Å². The van der Waals surface area contributed by atoms with E-state index < -0.39 is 0 Å². The highest BCUT2D eigenvalue weighted by Gasteiger charge is 2.29. The molecule has 1 heterocycles. The molecular formula is C18H19ClN2OS. The van der Waals surface area contributed by atoms with Crippen molar-refractivity contribution in [1.29, 1.82) is 0 Å². The van der Waals surface area contributed by atoms with Crippen LogP contribution in [0.3, 0.4) is 0 Å². The van der Waals surface area contributed by atoms with Crippen LogP contribution in [0.2, 0.25) is 5.02 Å². The molecule has 1 atom stereocenters. The van der Waals surface area contributed by atoms with Gasteiger partial charge < -0.3 is 9.80 Å². The van der Waals surface area contributed by atoms with Gasteiger partial charge in [0.1, 0.15) is 0 Å². The summed E-state index contributed by atoms with van der Waals surface area (Å²) in [6.45, 7) is 1.09. The summed E-state index contributed by atoms with van der Waals surface area (Å²) in [7, 11) is 3.83. The number of rotatable bonds is 3. The lowest BCUT2D eigenvalue weighted by Gasteiger charge is -2.35. The van der Waals surface area contributed by atoms with Gasteiger partial charge in [-0.25, -0.2) is 0 Å². The smallest absolute Gasteiger partial charge is 0.241 e. The molecule has 23 heavy (non-hydrogen) atoms. The summed E-state index contributed by atoms with van der Waals surface area (Å²) < 4.78 is 0. The Morgan fingerprint density at radius 3 is 2.61 bits per heavy atom. The molecule has 3 rings (SSSR count). The Kier molecular flexibility index (Phi) is 4.95. The molecule has 3 nitrogen and oxygen atoms in total. The number of carbonyl (C=O) groups is 1. The van der Waals surface area contributed by atoms with Crippen molar-refractivity contribution in [3.8, 4) is 0 Å². The minimum atomic E-state index is 0.127. The third kappa shape index (κ3) is 3.71. The van der Waals surface area contributed by atoms with Crippen LogP contribution in [0.5, 0.6) is 0 Å². The number of anilines is 1. The summed E-state index contributed by atoms with van der Waals surface area (Å²) in [5, 5.41) is 0.948. The zero-order valence-corrected chi connectivity index (χ0v) is 14.8. The van der Waals surface area contributed by atoms with E-state index in [0.29, 0.717) is 13.1 Å². The van der Waals surface area contributed by atoms with Crippen molar-refractivity contribution in [3.63, 3.8) is 0 Å². The van der Waals surface area contributed by atoms with Gasteiger partial charge in [-0.1, -0.05) is 35.9 Å². The van der Waals surface area contributed by atoms with Gasteiger partial charge in [0.2, 0.25) is 5.91 Å². The Balaban J connectivity index is 1.92. The average molecular weight is 347 g/mol. The van der Waals surface area contributed by atoms with E-state index >= 15 is 0 Å². The summed E-state index contributed by atoms with van der Waals surface area (Å²) in [6, 6.07) is 16.0. The number of hydrogen-bond acceptors (Lipinski definition) is 3. The zero-order valence-electron chi connectivity index (χ0n) is 13.2. The maximum absolute atomic E-state index is 12.7. The molecule has 1 aliphatic rings. The normalized spacial score (nSPS) is 17.2. The molecule has 0 N–H and O–H groups in total. The summed E-state index contributed by atoms with van der Waals surface area (Å²) in [5.41, 5.74) is 2.20. The maximum atomic E-state index is 12.7.